The molecule has 0 bridgehead atoms. The van der Waals surface area contributed by atoms with Crippen molar-refractivity contribution in [2.75, 3.05) is 13.2 Å². The minimum atomic E-state index is -4.02. The number of nitro groups is 1. The maximum Gasteiger partial charge on any atom is 0.269 e. The number of hydrogen-bond acceptors (Lipinski definition) is 6. The predicted molar refractivity (Wildman–Crippen MR) is 125 cm³/mol. The minimum Gasteiger partial charge on any atom is -0.415 e. The topological polar surface area (TPSA) is 119 Å². The molecule has 0 saturated carbocycles. The average molecular weight is 486 g/mol. The maximum atomic E-state index is 13.1. The SMILES string of the molecule is CC(C)[C@H](CO[Si](C)(C)C(C)(C)C)N1C[C@@](C)(NS(=O)(=O)c2ccc([N+](=O)[O-])cc2)C1=O. The lowest BCUT2D eigenvalue weighted by Crippen LogP contribution is -2.75. The van der Waals surface area contributed by atoms with Crippen LogP contribution >= 0.6 is 0 Å². The molecule has 2 atom stereocenters. The van der Waals surface area contributed by atoms with E-state index < -0.39 is 28.8 Å². The molecule has 1 aromatic carbocycles. The monoisotopic (exact) mass is 485 g/mol. The normalized spacial score (nSPS) is 20.9. The quantitative estimate of drug-likeness (QED) is 0.247. The number of nitrogens with one attached hydrogen (secondary N) is 1. The van der Waals surface area contributed by atoms with Crippen LogP contribution in [0, 0.1) is 16.0 Å². The second-order valence-electron chi connectivity index (χ2n) is 10.5. The van der Waals surface area contributed by atoms with E-state index in [9.17, 15) is 23.3 Å². The summed E-state index contributed by atoms with van der Waals surface area (Å²) < 4.78 is 34.4. The Morgan fingerprint density at radius 1 is 1.25 bits per heavy atom. The first-order chi connectivity index (χ1) is 14.4. The Bertz CT molecular complexity index is 972. The Morgan fingerprint density at radius 3 is 2.19 bits per heavy atom. The van der Waals surface area contributed by atoms with Crippen LogP contribution in [-0.4, -0.2) is 57.2 Å². The van der Waals surface area contributed by atoms with Crippen molar-refractivity contribution >= 4 is 29.9 Å². The van der Waals surface area contributed by atoms with Gasteiger partial charge in [-0.25, -0.2) is 8.42 Å². The second kappa shape index (κ2) is 8.84. The molecule has 1 aliphatic rings. The largest absolute Gasteiger partial charge is 0.415 e. The number of carbonyl (C=O) groups excluding carboxylic acids is 1. The first kappa shape index (κ1) is 26.4. The van der Waals surface area contributed by atoms with Crippen molar-refractivity contribution in [2.45, 2.75) is 76.2 Å². The first-order valence-electron chi connectivity index (χ1n) is 10.6. The van der Waals surface area contributed by atoms with Gasteiger partial charge < -0.3 is 9.33 Å². The van der Waals surface area contributed by atoms with E-state index in [1.807, 2.05) is 13.8 Å². The van der Waals surface area contributed by atoms with E-state index in [0.29, 0.717) is 6.61 Å². The highest BCUT2D eigenvalue weighted by Gasteiger charge is 2.53. The van der Waals surface area contributed by atoms with Gasteiger partial charge in [0.15, 0.2) is 8.32 Å². The van der Waals surface area contributed by atoms with Crippen LogP contribution < -0.4 is 4.72 Å². The molecule has 2 rings (SSSR count). The fourth-order valence-corrected chi connectivity index (χ4v) is 5.68. The fourth-order valence-electron chi connectivity index (χ4n) is 3.30. The van der Waals surface area contributed by atoms with Crippen molar-refractivity contribution in [2.24, 2.45) is 5.92 Å². The molecule has 9 nitrogen and oxygen atoms in total. The number of sulfonamides is 1. The molecule has 0 unspecified atom stereocenters. The Morgan fingerprint density at radius 2 is 1.78 bits per heavy atom. The van der Waals surface area contributed by atoms with Gasteiger partial charge in [-0.1, -0.05) is 34.6 Å². The van der Waals surface area contributed by atoms with Crippen LogP contribution in [0.2, 0.25) is 18.1 Å². The maximum absolute atomic E-state index is 13.1. The van der Waals surface area contributed by atoms with Crippen LogP contribution in [0.4, 0.5) is 5.69 Å². The molecule has 0 radical (unpaired) electrons. The minimum absolute atomic E-state index is 0.0440. The van der Waals surface area contributed by atoms with Gasteiger partial charge in [0, 0.05) is 18.7 Å². The zero-order chi connectivity index (χ0) is 24.7. The molecule has 0 aromatic heterocycles. The van der Waals surface area contributed by atoms with E-state index in [0.717, 1.165) is 24.3 Å². The Kier molecular flexibility index (Phi) is 7.30. The van der Waals surface area contributed by atoms with Crippen molar-refractivity contribution in [1.82, 2.24) is 9.62 Å². The number of benzene rings is 1. The van der Waals surface area contributed by atoms with E-state index >= 15 is 0 Å². The lowest BCUT2D eigenvalue weighted by molar-refractivity contribution is -0.384. The molecule has 180 valence electrons. The lowest BCUT2D eigenvalue weighted by Gasteiger charge is -2.52. The Balaban J connectivity index is 2.12. The van der Waals surface area contributed by atoms with Crippen LogP contribution in [0.25, 0.3) is 0 Å². The summed E-state index contributed by atoms with van der Waals surface area (Å²) in [5.74, 6) is -0.167. The lowest BCUT2D eigenvalue weighted by atomic mass is 9.87. The van der Waals surface area contributed by atoms with Gasteiger partial charge in [0.2, 0.25) is 15.9 Å². The number of likely N-dealkylation sites (tertiary alicyclic amines) is 1. The van der Waals surface area contributed by atoms with Crippen LogP contribution in [0.5, 0.6) is 0 Å². The Labute approximate surface area is 191 Å². The molecule has 1 aromatic rings. The van der Waals surface area contributed by atoms with E-state index in [-0.39, 0.29) is 40.0 Å². The fraction of sp³-hybridized carbons (Fsp3) is 0.667. The number of rotatable bonds is 9. The smallest absolute Gasteiger partial charge is 0.269 e. The third kappa shape index (κ3) is 5.38. The van der Waals surface area contributed by atoms with Gasteiger partial charge in [0.1, 0.15) is 5.54 Å². The molecular weight excluding hydrogens is 450 g/mol. The third-order valence-corrected chi connectivity index (χ3v) is 12.6. The highest BCUT2D eigenvalue weighted by molar-refractivity contribution is 7.89. The van der Waals surface area contributed by atoms with E-state index in [1.54, 1.807) is 11.8 Å². The third-order valence-electron chi connectivity index (χ3n) is 6.53. The molecule has 32 heavy (non-hydrogen) atoms. The van der Waals surface area contributed by atoms with Gasteiger partial charge in [-0.05, 0) is 43.1 Å². The van der Waals surface area contributed by atoms with Crippen molar-refractivity contribution in [3.8, 4) is 0 Å². The zero-order valence-electron chi connectivity index (χ0n) is 20.1. The van der Waals surface area contributed by atoms with Crippen molar-refractivity contribution < 1.29 is 22.6 Å². The first-order valence-corrected chi connectivity index (χ1v) is 15.0. The average Bonchev–Trinajstić information content (AvgIpc) is 2.65. The molecule has 1 amide bonds. The van der Waals surface area contributed by atoms with Crippen molar-refractivity contribution in [3.63, 3.8) is 0 Å². The second-order valence-corrected chi connectivity index (χ2v) is 17.0. The summed E-state index contributed by atoms with van der Waals surface area (Å²) in [4.78, 5) is 24.8. The van der Waals surface area contributed by atoms with Gasteiger partial charge in [0.25, 0.3) is 5.69 Å². The standard InChI is InChI=1S/C21H35N3O6SSi/c1-15(2)18(13-30-32(7,8)20(3,4)5)23-14-21(6,19(23)25)22-31(28,29)17-11-9-16(10-12-17)24(26)27/h9-12,15,18,22H,13-14H2,1-8H3/t18-,21+/m0/s1. The molecule has 1 saturated heterocycles. The summed E-state index contributed by atoms with van der Waals surface area (Å²) in [6, 6.07) is 4.41. The predicted octanol–water partition coefficient (Wildman–Crippen LogP) is 3.52. The number of β-lactam (4-membered cyclic amide) rings is 1. The van der Waals surface area contributed by atoms with Crippen molar-refractivity contribution in [1.29, 1.82) is 0 Å². The number of non-ortho nitro benzene ring substituents is 1. The molecule has 11 heteroatoms. The highest BCUT2D eigenvalue weighted by Crippen LogP contribution is 2.37. The van der Waals surface area contributed by atoms with E-state index in [1.165, 1.54) is 0 Å². The summed E-state index contributed by atoms with van der Waals surface area (Å²) >= 11 is 0. The molecule has 1 N–H and O–H groups in total. The zero-order valence-corrected chi connectivity index (χ0v) is 21.9. The summed E-state index contributed by atoms with van der Waals surface area (Å²) in [6.07, 6.45) is 0. The van der Waals surface area contributed by atoms with Crippen LogP contribution in [0.15, 0.2) is 29.2 Å². The van der Waals surface area contributed by atoms with Crippen molar-refractivity contribution in [3.05, 3.63) is 34.4 Å². The molecule has 0 aliphatic carbocycles. The van der Waals surface area contributed by atoms with Crippen LogP contribution in [0.3, 0.4) is 0 Å². The highest BCUT2D eigenvalue weighted by atomic mass is 32.2. The van der Waals surface area contributed by atoms with Gasteiger partial charge in [0.05, 0.1) is 22.5 Å². The molecule has 1 fully saturated rings. The van der Waals surface area contributed by atoms with E-state index in [4.69, 9.17) is 4.43 Å². The van der Waals surface area contributed by atoms with Gasteiger partial charge in [-0.2, -0.15) is 4.72 Å². The van der Waals surface area contributed by atoms with Gasteiger partial charge in [-0.3, -0.25) is 14.9 Å². The molecule has 1 aliphatic heterocycles. The molecule has 0 spiro atoms. The van der Waals surface area contributed by atoms with E-state index in [2.05, 4.69) is 38.6 Å². The molecular formula is C21H35N3O6SSi. The number of hydrogen-bond donors (Lipinski definition) is 1. The van der Waals surface area contributed by atoms with Crippen LogP contribution in [0.1, 0.15) is 41.5 Å². The number of amides is 1. The van der Waals surface area contributed by atoms with Gasteiger partial charge in [-0.15, -0.1) is 0 Å². The summed E-state index contributed by atoms with van der Waals surface area (Å²) in [6.45, 7) is 17.0. The molecule has 1 heterocycles. The summed E-state index contributed by atoms with van der Waals surface area (Å²) in [5.41, 5.74) is -1.48. The number of carbonyl (C=O) groups is 1. The Hall–Kier alpha value is -1.82. The summed E-state index contributed by atoms with van der Waals surface area (Å²) in [5, 5.41) is 10.8. The van der Waals surface area contributed by atoms with Gasteiger partial charge >= 0.3 is 0 Å². The number of nitrogens with zero attached hydrogens (tertiary/aromatic N) is 2. The summed E-state index contributed by atoms with van der Waals surface area (Å²) in [7, 11) is -6.02. The van der Waals surface area contributed by atoms with Crippen LogP contribution in [-0.2, 0) is 19.2 Å². The number of nitro benzene ring substituents is 1.